The third-order valence-electron chi connectivity index (χ3n) is 2.51. The maximum Gasteiger partial charge on any atom is 0.254 e. The lowest BCUT2D eigenvalue weighted by atomic mass is 10.1. The van der Waals surface area contributed by atoms with E-state index in [2.05, 4.69) is 5.32 Å². The van der Waals surface area contributed by atoms with Crippen molar-refractivity contribution in [3.8, 4) is 0 Å². The molecule has 0 heterocycles. The van der Waals surface area contributed by atoms with Crippen molar-refractivity contribution in [2.24, 2.45) is 5.14 Å². The number of amides is 1. The third kappa shape index (κ3) is 4.63. The second-order valence-corrected chi connectivity index (χ2v) is 7.05. The zero-order chi connectivity index (χ0) is 16.4. The highest BCUT2D eigenvalue weighted by molar-refractivity contribution is 7.89. The molecule has 0 saturated heterocycles. The molecule has 0 bridgehead atoms. The molecule has 21 heavy (non-hydrogen) atoms. The number of benzene rings is 1. The van der Waals surface area contributed by atoms with Crippen LogP contribution >= 0.6 is 11.6 Å². The summed E-state index contributed by atoms with van der Waals surface area (Å²) in [6.45, 7) is 3.51. The molecule has 3 N–H and O–H groups in total. The number of hydrogen-bond donors (Lipinski definition) is 2. The average Bonchev–Trinajstić information content (AvgIpc) is 2.29. The van der Waals surface area contributed by atoms with E-state index in [0.29, 0.717) is 0 Å². The molecular formula is C12H16ClFN2O4S. The predicted molar refractivity (Wildman–Crippen MR) is 76.2 cm³/mol. The lowest BCUT2D eigenvalue weighted by Crippen LogP contribution is -2.47. The Labute approximate surface area is 127 Å². The summed E-state index contributed by atoms with van der Waals surface area (Å²) in [6, 6.07) is 1.88. The summed E-state index contributed by atoms with van der Waals surface area (Å²) >= 11 is 5.71. The molecule has 0 atom stereocenters. The van der Waals surface area contributed by atoms with Gasteiger partial charge in [0.15, 0.2) is 5.82 Å². The van der Waals surface area contributed by atoms with Crippen molar-refractivity contribution in [2.75, 3.05) is 13.7 Å². The minimum atomic E-state index is -4.33. The number of primary sulfonamides is 1. The first kappa shape index (κ1) is 17.8. The van der Waals surface area contributed by atoms with Crippen LogP contribution in [0.3, 0.4) is 0 Å². The van der Waals surface area contributed by atoms with Crippen molar-refractivity contribution in [3.05, 3.63) is 28.5 Å². The summed E-state index contributed by atoms with van der Waals surface area (Å²) in [5, 5.41) is 7.30. The first-order valence-electron chi connectivity index (χ1n) is 5.81. The number of halogens is 2. The van der Waals surface area contributed by atoms with Gasteiger partial charge in [-0.1, -0.05) is 11.6 Å². The number of rotatable bonds is 5. The number of hydrogen-bond acceptors (Lipinski definition) is 4. The molecule has 9 heteroatoms. The summed E-state index contributed by atoms with van der Waals surface area (Å²) in [4.78, 5) is 11.3. The van der Waals surface area contributed by atoms with Crippen molar-refractivity contribution in [2.45, 2.75) is 24.3 Å². The monoisotopic (exact) mass is 338 g/mol. The predicted octanol–water partition coefficient (Wildman–Crippen LogP) is 1.28. The molecule has 1 aromatic rings. The molecule has 0 fully saturated rings. The molecule has 0 unspecified atom stereocenters. The quantitative estimate of drug-likeness (QED) is 0.844. The minimum absolute atomic E-state index is 0.116. The van der Waals surface area contributed by atoms with Gasteiger partial charge in [0.1, 0.15) is 4.90 Å². The van der Waals surface area contributed by atoms with Crippen molar-refractivity contribution < 1.29 is 22.3 Å². The first-order valence-corrected chi connectivity index (χ1v) is 7.73. The highest BCUT2D eigenvalue weighted by Gasteiger charge is 2.26. The standard InChI is InChI=1S/C12H16ClFN2O4S/c1-12(2,6-20-3)16-11(17)8-4-7(13)5-9(10(8)14)21(15,18)19/h4-5H,6H2,1-3H3,(H,16,17)(H2,15,18,19). The summed E-state index contributed by atoms with van der Waals surface area (Å²) in [5.41, 5.74) is -1.28. The van der Waals surface area contributed by atoms with Crippen molar-refractivity contribution >= 4 is 27.5 Å². The van der Waals surface area contributed by atoms with Gasteiger partial charge in [-0.25, -0.2) is 17.9 Å². The van der Waals surface area contributed by atoms with Crippen molar-refractivity contribution in [1.82, 2.24) is 5.32 Å². The van der Waals surface area contributed by atoms with Gasteiger partial charge in [-0.05, 0) is 26.0 Å². The summed E-state index contributed by atoms with van der Waals surface area (Å²) in [6.07, 6.45) is 0. The molecule has 6 nitrogen and oxygen atoms in total. The zero-order valence-corrected chi connectivity index (χ0v) is 13.3. The number of carbonyl (C=O) groups is 1. The SMILES string of the molecule is COCC(C)(C)NC(=O)c1cc(Cl)cc(S(N)(=O)=O)c1F. The van der Waals surface area contributed by atoms with Crippen LogP contribution in [0.25, 0.3) is 0 Å². The van der Waals surface area contributed by atoms with Crippen LogP contribution in [0.1, 0.15) is 24.2 Å². The van der Waals surface area contributed by atoms with Crippen LogP contribution in [0.5, 0.6) is 0 Å². The van der Waals surface area contributed by atoms with E-state index < -0.39 is 37.7 Å². The smallest absolute Gasteiger partial charge is 0.254 e. The maximum atomic E-state index is 14.2. The van der Waals surface area contributed by atoms with Crippen LogP contribution in [0.4, 0.5) is 4.39 Å². The second-order valence-electron chi connectivity index (χ2n) is 5.08. The highest BCUT2D eigenvalue weighted by atomic mass is 35.5. The van der Waals surface area contributed by atoms with Gasteiger partial charge in [-0.3, -0.25) is 4.79 Å². The van der Waals surface area contributed by atoms with E-state index in [0.717, 1.165) is 12.1 Å². The van der Waals surface area contributed by atoms with E-state index in [4.69, 9.17) is 21.5 Å². The fourth-order valence-corrected chi connectivity index (χ4v) is 2.64. The Morgan fingerprint density at radius 1 is 1.48 bits per heavy atom. The normalized spacial score (nSPS) is 12.3. The number of nitrogens with two attached hydrogens (primary N) is 1. The molecule has 118 valence electrons. The maximum absolute atomic E-state index is 14.2. The van der Waals surface area contributed by atoms with Gasteiger partial charge in [0.2, 0.25) is 10.0 Å². The number of ether oxygens (including phenoxy) is 1. The Balaban J connectivity index is 3.26. The first-order chi connectivity index (χ1) is 9.48. The Bertz CT molecular complexity index is 661. The average molecular weight is 339 g/mol. The topological polar surface area (TPSA) is 98.5 Å². The summed E-state index contributed by atoms with van der Waals surface area (Å²) < 4.78 is 41.7. The van der Waals surface area contributed by atoms with E-state index in [1.165, 1.54) is 7.11 Å². The fraction of sp³-hybridized carbons (Fsp3) is 0.417. The van der Waals surface area contributed by atoms with Gasteiger partial charge >= 0.3 is 0 Å². The second kappa shape index (κ2) is 6.27. The van der Waals surface area contributed by atoms with Gasteiger partial charge in [-0.2, -0.15) is 0 Å². The molecule has 1 aromatic carbocycles. The lowest BCUT2D eigenvalue weighted by molar-refractivity contribution is 0.0815. The van der Waals surface area contributed by atoms with Crippen LogP contribution in [0.2, 0.25) is 5.02 Å². The third-order valence-corrected chi connectivity index (χ3v) is 3.64. The zero-order valence-electron chi connectivity index (χ0n) is 11.7. The van der Waals surface area contributed by atoms with Gasteiger partial charge in [0.25, 0.3) is 5.91 Å². The van der Waals surface area contributed by atoms with E-state index >= 15 is 0 Å². The van der Waals surface area contributed by atoms with E-state index in [9.17, 15) is 17.6 Å². The van der Waals surface area contributed by atoms with E-state index in [1.807, 2.05) is 0 Å². The highest BCUT2D eigenvalue weighted by Crippen LogP contribution is 2.23. The fourth-order valence-electron chi connectivity index (χ4n) is 1.71. The van der Waals surface area contributed by atoms with E-state index in [1.54, 1.807) is 13.8 Å². The summed E-state index contributed by atoms with van der Waals surface area (Å²) in [5.74, 6) is -2.06. The van der Waals surface area contributed by atoms with Gasteiger partial charge in [-0.15, -0.1) is 0 Å². The largest absolute Gasteiger partial charge is 0.382 e. The van der Waals surface area contributed by atoms with Crippen molar-refractivity contribution in [3.63, 3.8) is 0 Å². The molecule has 0 aliphatic rings. The number of nitrogens with one attached hydrogen (secondary N) is 1. The Morgan fingerprint density at radius 2 is 2.05 bits per heavy atom. The van der Waals surface area contributed by atoms with Crippen LogP contribution in [-0.4, -0.2) is 33.6 Å². The molecule has 0 aliphatic heterocycles. The van der Waals surface area contributed by atoms with Crippen LogP contribution < -0.4 is 10.5 Å². The summed E-state index contributed by atoms with van der Waals surface area (Å²) in [7, 11) is -2.88. The Hall–Kier alpha value is -1.22. The molecule has 0 aliphatic carbocycles. The van der Waals surface area contributed by atoms with Gasteiger partial charge in [0, 0.05) is 12.1 Å². The molecular weight excluding hydrogens is 323 g/mol. The minimum Gasteiger partial charge on any atom is -0.382 e. The van der Waals surface area contributed by atoms with Gasteiger partial charge < -0.3 is 10.1 Å². The van der Waals surface area contributed by atoms with Gasteiger partial charge in [0.05, 0.1) is 17.7 Å². The van der Waals surface area contributed by atoms with Crippen LogP contribution in [-0.2, 0) is 14.8 Å². The van der Waals surface area contributed by atoms with Crippen LogP contribution in [0, 0.1) is 5.82 Å². The number of methoxy groups -OCH3 is 1. The molecule has 1 amide bonds. The molecule has 0 aromatic heterocycles. The lowest BCUT2D eigenvalue weighted by Gasteiger charge is -2.25. The number of carbonyl (C=O) groups excluding carboxylic acids is 1. The Kier molecular flexibility index (Phi) is 5.32. The number of sulfonamides is 1. The van der Waals surface area contributed by atoms with Crippen LogP contribution in [0.15, 0.2) is 17.0 Å². The van der Waals surface area contributed by atoms with Crippen molar-refractivity contribution in [1.29, 1.82) is 0 Å². The Morgan fingerprint density at radius 3 is 2.52 bits per heavy atom. The molecule has 0 spiro atoms. The molecule has 0 saturated carbocycles. The molecule has 0 radical (unpaired) electrons. The molecule has 1 rings (SSSR count). The van der Waals surface area contributed by atoms with E-state index in [-0.39, 0.29) is 11.6 Å².